The zero-order valence-electron chi connectivity index (χ0n) is 18.7. The molecule has 3 aromatic rings. The summed E-state index contributed by atoms with van der Waals surface area (Å²) >= 11 is 1.28. The van der Waals surface area contributed by atoms with Gasteiger partial charge < -0.3 is 10.1 Å². The molecule has 1 aliphatic rings. The minimum atomic E-state index is -0.165. The standard InChI is InChI=1S/C25H29N3O3S/c1-16-8-6-13-21(17(16)2)26-23(29)15-32-25-27-22-12-5-4-11-20(22)24(30)28(25)18-9-7-10-19(14-18)31-3/h4-5,7,9-12,14,16-17,21H,6,8,13,15H2,1-3H3,(H,26,29)/t16-,17-,21-/m1/s1. The highest BCUT2D eigenvalue weighted by Crippen LogP contribution is 2.30. The minimum absolute atomic E-state index is 0.0273. The zero-order chi connectivity index (χ0) is 22.7. The molecule has 1 fully saturated rings. The number of ether oxygens (including phenoxy) is 1. The summed E-state index contributed by atoms with van der Waals surface area (Å²) < 4.78 is 6.90. The minimum Gasteiger partial charge on any atom is -0.497 e. The van der Waals surface area contributed by atoms with Gasteiger partial charge in [0.1, 0.15) is 5.75 Å². The van der Waals surface area contributed by atoms with E-state index in [0.29, 0.717) is 39.3 Å². The van der Waals surface area contributed by atoms with Gasteiger partial charge in [-0.1, -0.05) is 56.7 Å². The third-order valence-electron chi connectivity index (χ3n) is 6.44. The fraction of sp³-hybridized carbons (Fsp3) is 0.400. The molecule has 3 atom stereocenters. The maximum atomic E-state index is 13.4. The number of methoxy groups -OCH3 is 1. The van der Waals surface area contributed by atoms with Crippen molar-refractivity contribution in [3.05, 3.63) is 58.9 Å². The lowest BCUT2D eigenvalue weighted by molar-refractivity contribution is -0.120. The molecule has 1 aliphatic carbocycles. The summed E-state index contributed by atoms with van der Waals surface area (Å²) in [6, 6.07) is 14.8. The lowest BCUT2D eigenvalue weighted by Crippen LogP contribution is -2.44. The Hall–Kier alpha value is -2.80. The van der Waals surface area contributed by atoms with Crippen molar-refractivity contribution in [3.63, 3.8) is 0 Å². The molecule has 2 aromatic carbocycles. The molecule has 0 aliphatic heterocycles. The predicted molar refractivity (Wildman–Crippen MR) is 129 cm³/mol. The van der Waals surface area contributed by atoms with Crippen molar-refractivity contribution in [3.8, 4) is 11.4 Å². The number of aromatic nitrogens is 2. The highest BCUT2D eigenvalue weighted by Gasteiger charge is 2.28. The van der Waals surface area contributed by atoms with Crippen LogP contribution >= 0.6 is 11.8 Å². The summed E-state index contributed by atoms with van der Waals surface area (Å²) in [5.41, 5.74) is 1.11. The van der Waals surface area contributed by atoms with Crippen LogP contribution in [0.2, 0.25) is 0 Å². The average Bonchev–Trinajstić information content (AvgIpc) is 2.81. The van der Waals surface area contributed by atoms with E-state index >= 15 is 0 Å². The first-order valence-electron chi connectivity index (χ1n) is 11.1. The summed E-state index contributed by atoms with van der Waals surface area (Å²) in [5.74, 6) is 1.90. The molecule has 1 heterocycles. The van der Waals surface area contributed by atoms with E-state index in [4.69, 9.17) is 9.72 Å². The van der Waals surface area contributed by atoms with E-state index in [0.717, 1.165) is 12.8 Å². The lowest BCUT2D eigenvalue weighted by Gasteiger charge is -2.34. The monoisotopic (exact) mass is 451 g/mol. The second-order valence-electron chi connectivity index (χ2n) is 8.48. The smallest absolute Gasteiger partial charge is 0.266 e. The van der Waals surface area contributed by atoms with Gasteiger partial charge in [0.05, 0.1) is 29.5 Å². The summed E-state index contributed by atoms with van der Waals surface area (Å²) in [4.78, 5) is 30.8. The first-order chi connectivity index (χ1) is 15.5. The van der Waals surface area contributed by atoms with E-state index in [1.54, 1.807) is 23.8 Å². The van der Waals surface area contributed by atoms with Crippen LogP contribution in [0.5, 0.6) is 5.75 Å². The number of carbonyl (C=O) groups is 1. The molecule has 1 aromatic heterocycles. The summed E-state index contributed by atoms with van der Waals surface area (Å²) in [5, 5.41) is 4.23. The van der Waals surface area contributed by atoms with Gasteiger partial charge in [-0.15, -0.1) is 0 Å². The van der Waals surface area contributed by atoms with Gasteiger partial charge in [-0.2, -0.15) is 0 Å². The number of nitrogens with zero attached hydrogens (tertiary/aromatic N) is 2. The number of fused-ring (bicyclic) bond motifs is 1. The first kappa shape index (κ1) is 22.4. The maximum absolute atomic E-state index is 13.4. The molecule has 0 saturated heterocycles. The number of para-hydroxylation sites is 1. The molecular formula is C25H29N3O3S. The van der Waals surface area contributed by atoms with Crippen molar-refractivity contribution in [2.75, 3.05) is 12.9 Å². The second kappa shape index (κ2) is 9.77. The number of amides is 1. The molecule has 4 rings (SSSR count). The third-order valence-corrected chi connectivity index (χ3v) is 7.38. The maximum Gasteiger partial charge on any atom is 0.266 e. The fourth-order valence-electron chi connectivity index (χ4n) is 4.35. The van der Waals surface area contributed by atoms with E-state index in [1.165, 1.54) is 18.2 Å². The molecule has 0 spiro atoms. The normalized spacial score (nSPS) is 20.8. The molecule has 1 amide bonds. The Kier molecular flexibility index (Phi) is 6.84. The van der Waals surface area contributed by atoms with Crippen molar-refractivity contribution >= 4 is 28.6 Å². The van der Waals surface area contributed by atoms with E-state index < -0.39 is 0 Å². The van der Waals surface area contributed by atoms with Crippen molar-refractivity contribution in [1.29, 1.82) is 0 Å². The van der Waals surface area contributed by atoms with Crippen LogP contribution < -0.4 is 15.6 Å². The Morgan fingerprint density at radius 2 is 2.00 bits per heavy atom. The van der Waals surface area contributed by atoms with Gasteiger partial charge in [0.15, 0.2) is 5.16 Å². The molecule has 0 unspecified atom stereocenters. The molecule has 7 heteroatoms. The Morgan fingerprint density at radius 3 is 2.81 bits per heavy atom. The van der Waals surface area contributed by atoms with Gasteiger partial charge in [-0.25, -0.2) is 4.98 Å². The van der Waals surface area contributed by atoms with Crippen molar-refractivity contribution in [2.24, 2.45) is 11.8 Å². The lowest BCUT2D eigenvalue weighted by atomic mass is 9.78. The summed E-state index contributed by atoms with van der Waals surface area (Å²) in [7, 11) is 1.59. The largest absolute Gasteiger partial charge is 0.497 e. The summed E-state index contributed by atoms with van der Waals surface area (Å²) in [6.45, 7) is 4.47. The Labute approximate surface area is 192 Å². The van der Waals surface area contributed by atoms with Gasteiger partial charge in [0.2, 0.25) is 5.91 Å². The van der Waals surface area contributed by atoms with Crippen LogP contribution in [0.4, 0.5) is 0 Å². The van der Waals surface area contributed by atoms with E-state index in [-0.39, 0.29) is 23.3 Å². The number of thioether (sulfide) groups is 1. The van der Waals surface area contributed by atoms with Crippen LogP contribution in [0, 0.1) is 11.8 Å². The Balaban J connectivity index is 1.62. The van der Waals surface area contributed by atoms with Crippen LogP contribution in [0.25, 0.3) is 16.6 Å². The van der Waals surface area contributed by atoms with E-state index in [1.807, 2.05) is 36.4 Å². The number of rotatable bonds is 6. The number of hydrogen-bond donors (Lipinski definition) is 1. The first-order valence-corrected chi connectivity index (χ1v) is 12.0. The van der Waals surface area contributed by atoms with Crippen molar-refractivity contribution in [2.45, 2.75) is 44.3 Å². The van der Waals surface area contributed by atoms with Gasteiger partial charge in [0.25, 0.3) is 5.56 Å². The number of benzene rings is 2. The fourth-order valence-corrected chi connectivity index (χ4v) is 5.17. The number of carbonyl (C=O) groups excluding carboxylic acids is 1. The average molecular weight is 452 g/mol. The highest BCUT2D eigenvalue weighted by atomic mass is 32.2. The topological polar surface area (TPSA) is 73.2 Å². The zero-order valence-corrected chi connectivity index (χ0v) is 19.5. The van der Waals surface area contributed by atoms with Crippen LogP contribution in [-0.2, 0) is 4.79 Å². The second-order valence-corrected chi connectivity index (χ2v) is 9.43. The molecule has 168 valence electrons. The van der Waals surface area contributed by atoms with Crippen molar-refractivity contribution in [1.82, 2.24) is 14.9 Å². The van der Waals surface area contributed by atoms with E-state index in [2.05, 4.69) is 19.2 Å². The van der Waals surface area contributed by atoms with Gasteiger partial charge in [-0.3, -0.25) is 14.2 Å². The number of hydrogen-bond acceptors (Lipinski definition) is 5. The molecule has 0 bridgehead atoms. The predicted octanol–water partition coefficient (Wildman–Crippen LogP) is 4.43. The van der Waals surface area contributed by atoms with Gasteiger partial charge in [-0.05, 0) is 42.5 Å². The van der Waals surface area contributed by atoms with Crippen LogP contribution in [0.15, 0.2) is 58.5 Å². The van der Waals surface area contributed by atoms with Crippen molar-refractivity contribution < 1.29 is 9.53 Å². The molecule has 6 nitrogen and oxygen atoms in total. The molecular weight excluding hydrogens is 422 g/mol. The molecule has 0 radical (unpaired) electrons. The van der Waals surface area contributed by atoms with Crippen LogP contribution in [-0.4, -0.2) is 34.4 Å². The van der Waals surface area contributed by atoms with Crippen LogP contribution in [0.1, 0.15) is 33.1 Å². The summed E-state index contributed by atoms with van der Waals surface area (Å²) in [6.07, 6.45) is 3.38. The molecule has 1 saturated carbocycles. The van der Waals surface area contributed by atoms with E-state index in [9.17, 15) is 9.59 Å². The Morgan fingerprint density at radius 1 is 1.19 bits per heavy atom. The third kappa shape index (κ3) is 4.67. The molecule has 32 heavy (non-hydrogen) atoms. The van der Waals surface area contributed by atoms with Gasteiger partial charge >= 0.3 is 0 Å². The van der Waals surface area contributed by atoms with Crippen LogP contribution in [0.3, 0.4) is 0 Å². The quantitative estimate of drug-likeness (QED) is 0.443. The number of nitrogens with one attached hydrogen (secondary N) is 1. The highest BCUT2D eigenvalue weighted by molar-refractivity contribution is 7.99. The Bertz CT molecular complexity index is 1180. The van der Waals surface area contributed by atoms with Gasteiger partial charge in [0, 0.05) is 12.1 Å². The SMILES string of the molecule is COc1cccc(-n2c(SCC(=O)N[C@@H]3CCC[C@@H](C)[C@H]3C)nc3ccccc3c2=O)c1. The molecule has 1 N–H and O–H groups in total.